The zero-order chi connectivity index (χ0) is 14.7. The number of aromatic carboxylic acids is 1. The summed E-state index contributed by atoms with van der Waals surface area (Å²) in [6.45, 7) is 0. The average Bonchev–Trinajstić information content (AvgIpc) is 2.91. The number of aromatic nitrogens is 1. The van der Waals surface area contributed by atoms with Gasteiger partial charge in [-0.1, -0.05) is 5.16 Å². The van der Waals surface area contributed by atoms with Crippen LogP contribution in [0.2, 0.25) is 0 Å². The summed E-state index contributed by atoms with van der Waals surface area (Å²) in [4.78, 5) is 22.3. The molecule has 2 rings (SSSR count). The molecule has 0 spiro atoms. The topological polar surface area (TPSA) is 116 Å². The number of anilines is 1. The minimum absolute atomic E-state index is 0.174. The molecule has 7 nitrogen and oxygen atoms in total. The molecule has 20 heavy (non-hydrogen) atoms. The molecule has 100 valence electrons. The highest BCUT2D eigenvalue weighted by molar-refractivity contribution is 6.03. The van der Waals surface area contributed by atoms with Crippen molar-refractivity contribution in [3.63, 3.8) is 0 Å². The van der Waals surface area contributed by atoms with Gasteiger partial charge in [0.1, 0.15) is 11.9 Å². The van der Waals surface area contributed by atoms with Crippen molar-refractivity contribution in [1.82, 2.24) is 5.16 Å². The second kappa shape index (κ2) is 5.19. The fraction of sp³-hybridized carbons (Fsp3) is 0. The van der Waals surface area contributed by atoms with Gasteiger partial charge in [-0.25, -0.2) is 9.18 Å². The van der Waals surface area contributed by atoms with E-state index in [1.807, 2.05) is 0 Å². The monoisotopic (exact) mass is 275 g/mol. The Morgan fingerprint density at radius 2 is 2.15 bits per heavy atom. The average molecular weight is 275 g/mol. The molecule has 0 radical (unpaired) electrons. The summed E-state index contributed by atoms with van der Waals surface area (Å²) in [5.41, 5.74) is -0.299. The molecule has 0 aliphatic heterocycles. The highest BCUT2D eigenvalue weighted by atomic mass is 19.1. The van der Waals surface area contributed by atoms with E-state index in [0.29, 0.717) is 0 Å². The fourth-order valence-corrected chi connectivity index (χ4v) is 1.37. The molecule has 8 heteroatoms. The van der Waals surface area contributed by atoms with Gasteiger partial charge in [-0.05, 0) is 18.2 Å². The van der Waals surface area contributed by atoms with Gasteiger partial charge in [0.05, 0.1) is 5.56 Å². The van der Waals surface area contributed by atoms with Crippen LogP contribution in [-0.2, 0) is 0 Å². The molecule has 1 aromatic heterocycles. The molecule has 0 bridgehead atoms. The van der Waals surface area contributed by atoms with Gasteiger partial charge in [0, 0.05) is 11.8 Å². The molecule has 1 aromatic carbocycles. The zero-order valence-corrected chi connectivity index (χ0v) is 9.75. The molecule has 0 fully saturated rings. The van der Waals surface area contributed by atoms with Gasteiger partial charge in [0.15, 0.2) is 5.69 Å². The molecular formula is C12H6FN3O4. The van der Waals surface area contributed by atoms with E-state index in [9.17, 15) is 14.0 Å². The number of rotatable bonds is 3. The van der Waals surface area contributed by atoms with Gasteiger partial charge in [0.2, 0.25) is 5.76 Å². The first kappa shape index (κ1) is 13.2. The fourth-order valence-electron chi connectivity index (χ4n) is 1.37. The molecule has 2 aromatic rings. The van der Waals surface area contributed by atoms with Crippen LogP contribution in [0.25, 0.3) is 0 Å². The first-order chi connectivity index (χ1) is 9.51. The normalized spacial score (nSPS) is 9.80. The third-order valence-electron chi connectivity index (χ3n) is 2.30. The van der Waals surface area contributed by atoms with Gasteiger partial charge >= 0.3 is 5.97 Å². The van der Waals surface area contributed by atoms with Crippen LogP contribution in [0.3, 0.4) is 0 Å². The van der Waals surface area contributed by atoms with Crippen LogP contribution >= 0.6 is 0 Å². The molecular weight excluding hydrogens is 269 g/mol. The van der Waals surface area contributed by atoms with E-state index < -0.39 is 23.5 Å². The Morgan fingerprint density at radius 3 is 2.75 bits per heavy atom. The molecule has 0 atom stereocenters. The van der Waals surface area contributed by atoms with Crippen LogP contribution in [-0.4, -0.2) is 22.1 Å². The second-order valence-electron chi connectivity index (χ2n) is 3.64. The smallest absolute Gasteiger partial charge is 0.374 e. The predicted molar refractivity (Wildman–Crippen MR) is 62.5 cm³/mol. The number of nitrogens with zero attached hydrogens (tertiary/aromatic N) is 2. The van der Waals surface area contributed by atoms with E-state index in [4.69, 9.17) is 10.4 Å². The van der Waals surface area contributed by atoms with Gasteiger partial charge < -0.3 is 14.9 Å². The lowest BCUT2D eigenvalue weighted by Crippen LogP contribution is -2.12. The van der Waals surface area contributed by atoms with Crippen molar-refractivity contribution in [3.8, 4) is 6.07 Å². The van der Waals surface area contributed by atoms with E-state index in [1.54, 1.807) is 6.07 Å². The largest absolute Gasteiger partial charge is 0.475 e. The first-order valence-electron chi connectivity index (χ1n) is 5.22. The molecule has 0 unspecified atom stereocenters. The van der Waals surface area contributed by atoms with Crippen molar-refractivity contribution in [2.75, 3.05) is 5.32 Å². The van der Waals surface area contributed by atoms with Crippen molar-refractivity contribution in [2.24, 2.45) is 0 Å². The maximum Gasteiger partial charge on any atom is 0.374 e. The lowest BCUT2D eigenvalue weighted by atomic mass is 10.2. The summed E-state index contributed by atoms with van der Waals surface area (Å²) in [6.07, 6.45) is 0. The van der Waals surface area contributed by atoms with Gasteiger partial charge in [-0.15, -0.1) is 0 Å². The number of benzene rings is 1. The van der Waals surface area contributed by atoms with E-state index in [1.165, 1.54) is 6.07 Å². The molecule has 0 aliphatic carbocycles. The minimum Gasteiger partial charge on any atom is -0.475 e. The van der Waals surface area contributed by atoms with Crippen molar-refractivity contribution in [3.05, 3.63) is 47.1 Å². The van der Waals surface area contributed by atoms with Crippen LogP contribution < -0.4 is 5.32 Å². The van der Waals surface area contributed by atoms with Gasteiger partial charge in [-0.3, -0.25) is 4.79 Å². The number of halogens is 1. The number of carbonyl (C=O) groups is 2. The number of carbonyl (C=O) groups excluding carboxylic acids is 1. The third-order valence-corrected chi connectivity index (χ3v) is 2.30. The van der Waals surface area contributed by atoms with E-state index in [2.05, 4.69) is 15.0 Å². The molecule has 1 amide bonds. The van der Waals surface area contributed by atoms with Gasteiger partial charge in [0.25, 0.3) is 5.91 Å². The van der Waals surface area contributed by atoms with Crippen molar-refractivity contribution in [1.29, 1.82) is 5.26 Å². The van der Waals surface area contributed by atoms with Crippen LogP contribution in [0.15, 0.2) is 28.8 Å². The minimum atomic E-state index is -1.36. The summed E-state index contributed by atoms with van der Waals surface area (Å²) in [5.74, 6) is -3.28. The number of amides is 1. The lowest BCUT2D eigenvalue weighted by molar-refractivity contribution is 0.0651. The Hall–Kier alpha value is -3.21. The van der Waals surface area contributed by atoms with Crippen molar-refractivity contribution < 1.29 is 23.6 Å². The van der Waals surface area contributed by atoms with Crippen LogP contribution in [0.1, 0.15) is 26.6 Å². The summed E-state index contributed by atoms with van der Waals surface area (Å²) < 4.78 is 17.5. The molecule has 0 saturated carbocycles. The first-order valence-corrected chi connectivity index (χ1v) is 5.22. The Kier molecular flexibility index (Phi) is 3.43. The van der Waals surface area contributed by atoms with Crippen LogP contribution in [0.4, 0.5) is 10.1 Å². The number of nitriles is 1. The quantitative estimate of drug-likeness (QED) is 0.879. The van der Waals surface area contributed by atoms with Crippen LogP contribution in [0.5, 0.6) is 0 Å². The van der Waals surface area contributed by atoms with Crippen molar-refractivity contribution >= 4 is 17.6 Å². The van der Waals surface area contributed by atoms with Crippen molar-refractivity contribution in [2.45, 2.75) is 0 Å². The molecule has 1 heterocycles. The van der Waals surface area contributed by atoms with E-state index >= 15 is 0 Å². The number of carboxylic acid groups (broad SMARTS) is 1. The molecule has 2 N–H and O–H groups in total. The standard InChI is InChI=1S/C12H6FN3O4/c13-8-2-1-7(3-6(8)5-14)15-11(17)9-4-10(12(18)19)20-16-9/h1-4H,(H,15,17)(H,18,19). The lowest BCUT2D eigenvalue weighted by Gasteiger charge is -2.03. The summed E-state index contributed by atoms with van der Waals surface area (Å²) in [7, 11) is 0. The number of hydrogen-bond donors (Lipinski definition) is 2. The van der Waals surface area contributed by atoms with E-state index in [0.717, 1.165) is 18.2 Å². The number of hydrogen-bond acceptors (Lipinski definition) is 5. The van der Waals surface area contributed by atoms with E-state index in [-0.39, 0.29) is 16.9 Å². The SMILES string of the molecule is N#Cc1cc(NC(=O)c2cc(C(=O)O)on2)ccc1F. The molecule has 0 saturated heterocycles. The summed E-state index contributed by atoms with van der Waals surface area (Å²) >= 11 is 0. The maximum atomic E-state index is 13.1. The second-order valence-corrected chi connectivity index (χ2v) is 3.64. The highest BCUT2D eigenvalue weighted by Gasteiger charge is 2.17. The number of carboxylic acids is 1. The Balaban J connectivity index is 2.19. The maximum absolute atomic E-state index is 13.1. The zero-order valence-electron chi connectivity index (χ0n) is 9.75. The summed E-state index contributed by atoms with van der Waals surface area (Å²) in [5, 5.41) is 22.9. The predicted octanol–water partition coefficient (Wildman–Crippen LogP) is 1.64. The Bertz CT molecular complexity index is 733. The third kappa shape index (κ3) is 2.62. The molecule has 0 aliphatic rings. The Labute approximate surface area is 111 Å². The van der Waals surface area contributed by atoms with Gasteiger partial charge in [-0.2, -0.15) is 5.26 Å². The van der Waals surface area contributed by atoms with Crippen LogP contribution in [0, 0.1) is 17.1 Å². The highest BCUT2D eigenvalue weighted by Crippen LogP contribution is 2.15. The Morgan fingerprint density at radius 1 is 1.40 bits per heavy atom. The number of nitrogens with one attached hydrogen (secondary N) is 1. The summed E-state index contributed by atoms with van der Waals surface area (Å²) in [6, 6.07) is 6.01.